The van der Waals surface area contributed by atoms with Gasteiger partial charge in [0, 0.05) is 6.07 Å². The molecule has 2 N–H and O–H groups in total. The number of pyridine rings is 1. The number of piperazine rings is 1. The minimum absolute atomic E-state index is 0.0763. The molecule has 6 nitrogen and oxygen atoms in total. The molecule has 0 bridgehead atoms. The Morgan fingerprint density at radius 1 is 1.07 bits per heavy atom. The number of alkyl halides is 3. The average Bonchev–Trinajstić information content (AvgIpc) is 2.92. The summed E-state index contributed by atoms with van der Waals surface area (Å²) in [6.45, 7) is 2.67. The lowest BCUT2D eigenvalue weighted by Gasteiger charge is -2.30. The van der Waals surface area contributed by atoms with Crippen molar-refractivity contribution in [2.24, 2.45) is 0 Å². The van der Waals surface area contributed by atoms with E-state index in [1.807, 2.05) is 4.90 Å². The van der Waals surface area contributed by atoms with Crippen molar-refractivity contribution in [2.75, 3.05) is 42.6 Å². The van der Waals surface area contributed by atoms with Crippen LogP contribution >= 0.6 is 0 Å². The zero-order chi connectivity index (χ0) is 20.8. The van der Waals surface area contributed by atoms with Crippen molar-refractivity contribution in [3.8, 4) is 0 Å². The van der Waals surface area contributed by atoms with E-state index in [0.717, 1.165) is 23.2 Å². The van der Waals surface area contributed by atoms with E-state index in [2.05, 4.69) is 4.98 Å². The van der Waals surface area contributed by atoms with Crippen molar-refractivity contribution in [3.63, 3.8) is 0 Å². The molecule has 1 aromatic heterocycles. The number of Topliss-reactive ketones (excluding diaryl/α,β-unsaturated/α-hetero) is 1. The number of anilines is 2. The van der Waals surface area contributed by atoms with Crippen LogP contribution in [-0.2, 0) is 11.0 Å². The maximum Gasteiger partial charge on any atom is 0.419 e. The van der Waals surface area contributed by atoms with Gasteiger partial charge in [0.2, 0.25) is 0 Å². The number of quaternary nitrogens is 1. The number of nitrogens with zero attached hydrogens (tertiary/aromatic N) is 2. The first kappa shape index (κ1) is 19.3. The lowest BCUT2D eigenvalue weighted by atomic mass is 10.1. The molecule has 0 atom stereocenters. The summed E-state index contributed by atoms with van der Waals surface area (Å²) < 4.78 is 51.4. The van der Waals surface area contributed by atoms with Crippen LogP contribution in [0, 0.1) is 5.82 Å². The molecule has 1 aromatic carbocycles. The highest BCUT2D eigenvalue weighted by atomic mass is 19.4. The van der Waals surface area contributed by atoms with E-state index in [9.17, 15) is 27.2 Å². The van der Waals surface area contributed by atoms with Crippen molar-refractivity contribution in [1.82, 2.24) is 0 Å². The van der Waals surface area contributed by atoms with Gasteiger partial charge in [-0.3, -0.25) is 19.4 Å². The lowest BCUT2D eigenvalue weighted by molar-refractivity contribution is -0.899. The number of aromatic amines is 1. The molecule has 0 saturated carbocycles. The number of benzene rings is 1. The van der Waals surface area contributed by atoms with Crippen LogP contribution in [-0.4, -0.2) is 44.5 Å². The van der Waals surface area contributed by atoms with Gasteiger partial charge in [0.15, 0.2) is 6.67 Å². The molecule has 3 heterocycles. The number of amides is 1. The summed E-state index contributed by atoms with van der Waals surface area (Å²) in [4.78, 5) is 31.4. The molecule has 4 rings (SSSR count). The second kappa shape index (κ2) is 7.11. The number of fused-ring (bicyclic) bond motifs is 1. The second-order valence-electron chi connectivity index (χ2n) is 7.08. The number of carbonyl (C=O) groups is 2. The van der Waals surface area contributed by atoms with Crippen LogP contribution in [0.15, 0.2) is 36.5 Å². The molecule has 29 heavy (non-hydrogen) atoms. The molecule has 2 aromatic rings. The van der Waals surface area contributed by atoms with Crippen molar-refractivity contribution in [1.29, 1.82) is 0 Å². The van der Waals surface area contributed by atoms with E-state index >= 15 is 0 Å². The highest BCUT2D eigenvalue weighted by Gasteiger charge is 2.39. The Morgan fingerprint density at radius 2 is 1.79 bits per heavy atom. The standard InChI is InChI=1S/C19H16F4N4O2/c20-13-2-3-15-14(9-13)17(28)18(29)27(15)11-25-5-7-26(8-6-25)16-4-1-12(10-24-16)19(21,22)23/h1-4,9-10H,5-8,11H2/p+2. The monoisotopic (exact) mass is 410 g/mol. The first-order valence-electron chi connectivity index (χ1n) is 9.07. The van der Waals surface area contributed by atoms with Crippen LogP contribution < -0.4 is 19.7 Å². The highest BCUT2D eigenvalue weighted by Crippen LogP contribution is 2.29. The Kier molecular flexibility index (Phi) is 4.73. The molecule has 0 unspecified atom stereocenters. The molecular formula is C19H18F4N4O2+2. The van der Waals surface area contributed by atoms with Gasteiger partial charge >= 0.3 is 12.1 Å². The Bertz CT molecular complexity index is 954. The van der Waals surface area contributed by atoms with Gasteiger partial charge in [-0.2, -0.15) is 13.2 Å². The number of aromatic nitrogens is 1. The van der Waals surface area contributed by atoms with Crippen LogP contribution in [0.25, 0.3) is 0 Å². The number of rotatable bonds is 3. The molecule has 0 aliphatic carbocycles. The topological polar surface area (TPSA) is 59.2 Å². The number of carbonyl (C=O) groups excluding carboxylic acids is 2. The zero-order valence-corrected chi connectivity index (χ0v) is 15.2. The third kappa shape index (κ3) is 3.67. The average molecular weight is 410 g/mol. The number of hydrogen-bond donors (Lipinski definition) is 1. The third-order valence-corrected chi connectivity index (χ3v) is 5.25. The Labute approximate surface area is 163 Å². The van der Waals surface area contributed by atoms with Gasteiger partial charge in [-0.1, -0.05) is 0 Å². The first-order valence-corrected chi connectivity index (χ1v) is 9.07. The lowest BCUT2D eigenvalue weighted by Crippen LogP contribution is -3.16. The molecule has 0 radical (unpaired) electrons. The minimum Gasteiger partial charge on any atom is -0.311 e. The summed E-state index contributed by atoms with van der Waals surface area (Å²) >= 11 is 0. The highest BCUT2D eigenvalue weighted by molar-refractivity contribution is 6.52. The van der Waals surface area contributed by atoms with Gasteiger partial charge in [0.1, 0.15) is 38.2 Å². The van der Waals surface area contributed by atoms with Crippen molar-refractivity contribution in [3.05, 3.63) is 53.5 Å². The molecule has 0 spiro atoms. The van der Waals surface area contributed by atoms with Crippen LogP contribution in [0.5, 0.6) is 0 Å². The van der Waals surface area contributed by atoms with Crippen LogP contribution in [0.3, 0.4) is 0 Å². The molecular weight excluding hydrogens is 392 g/mol. The quantitative estimate of drug-likeness (QED) is 0.594. The minimum atomic E-state index is -4.39. The van der Waals surface area contributed by atoms with Crippen LogP contribution in [0.2, 0.25) is 0 Å². The number of nitrogens with one attached hydrogen (secondary N) is 2. The molecule has 1 fully saturated rings. The fraction of sp³-hybridized carbons (Fsp3) is 0.316. The van der Waals surface area contributed by atoms with E-state index in [0.29, 0.717) is 37.7 Å². The second-order valence-corrected chi connectivity index (χ2v) is 7.08. The van der Waals surface area contributed by atoms with Gasteiger partial charge in [0.25, 0.3) is 11.6 Å². The Morgan fingerprint density at radius 3 is 2.41 bits per heavy atom. The van der Waals surface area contributed by atoms with Gasteiger partial charge in [-0.05, 0) is 24.3 Å². The maximum absolute atomic E-state index is 13.4. The van der Waals surface area contributed by atoms with Crippen LogP contribution in [0.1, 0.15) is 15.9 Å². The van der Waals surface area contributed by atoms with Gasteiger partial charge < -0.3 is 4.90 Å². The van der Waals surface area contributed by atoms with Crippen molar-refractivity contribution < 1.29 is 37.0 Å². The molecule has 1 amide bonds. The predicted octanol–water partition coefficient (Wildman–Crippen LogP) is 0.550. The van der Waals surface area contributed by atoms with E-state index < -0.39 is 29.2 Å². The van der Waals surface area contributed by atoms with Gasteiger partial charge in [-0.15, -0.1) is 0 Å². The van der Waals surface area contributed by atoms with E-state index in [-0.39, 0.29) is 12.2 Å². The number of halogens is 4. The summed E-state index contributed by atoms with van der Waals surface area (Å²) in [6, 6.07) is 6.16. The summed E-state index contributed by atoms with van der Waals surface area (Å²) in [7, 11) is 0. The summed E-state index contributed by atoms with van der Waals surface area (Å²) in [6.07, 6.45) is -3.45. The number of hydrogen-bond acceptors (Lipinski definition) is 3. The van der Waals surface area contributed by atoms with Gasteiger partial charge in [0.05, 0.1) is 16.8 Å². The Hall–Kier alpha value is -3.01. The van der Waals surface area contributed by atoms with Gasteiger partial charge in [-0.25, -0.2) is 9.37 Å². The summed E-state index contributed by atoms with van der Waals surface area (Å²) in [5, 5.41) is 0. The van der Waals surface area contributed by atoms with E-state index in [1.54, 1.807) is 0 Å². The predicted molar refractivity (Wildman–Crippen MR) is 94.0 cm³/mol. The summed E-state index contributed by atoms with van der Waals surface area (Å²) in [5.41, 5.74) is -0.252. The van der Waals surface area contributed by atoms with E-state index in [1.165, 1.54) is 23.1 Å². The number of ketones is 1. The summed E-state index contributed by atoms with van der Waals surface area (Å²) in [5.74, 6) is -1.36. The molecule has 10 heteroatoms. The van der Waals surface area contributed by atoms with Crippen molar-refractivity contribution in [2.45, 2.75) is 6.18 Å². The maximum atomic E-state index is 13.4. The molecule has 1 saturated heterocycles. The fourth-order valence-corrected chi connectivity index (χ4v) is 3.66. The first-order chi connectivity index (χ1) is 13.7. The largest absolute Gasteiger partial charge is 0.419 e. The van der Waals surface area contributed by atoms with E-state index in [4.69, 9.17) is 0 Å². The molecule has 2 aliphatic rings. The molecule has 152 valence electrons. The Balaban J connectivity index is 1.40. The van der Waals surface area contributed by atoms with Crippen LogP contribution in [0.4, 0.5) is 29.1 Å². The van der Waals surface area contributed by atoms with Crippen molar-refractivity contribution >= 4 is 23.2 Å². The zero-order valence-electron chi connectivity index (χ0n) is 15.2. The number of H-pyrrole nitrogens is 1. The fourth-order valence-electron chi connectivity index (χ4n) is 3.66. The normalized spacial score (nSPS) is 17.8. The molecule has 2 aliphatic heterocycles. The third-order valence-electron chi connectivity index (χ3n) is 5.25. The smallest absolute Gasteiger partial charge is 0.311 e. The SMILES string of the molecule is O=C1C(=O)N(C[NH+]2CCN(c3ccc(C(F)(F)F)c[nH+]3)CC2)c2ccc(F)cc21.